The van der Waals surface area contributed by atoms with Crippen LogP contribution in [0.15, 0.2) is 29.1 Å². The molecule has 3 heterocycles. The van der Waals surface area contributed by atoms with E-state index < -0.39 is 24.5 Å². The number of rotatable bonds is 1. The van der Waals surface area contributed by atoms with Crippen molar-refractivity contribution in [2.75, 3.05) is 6.61 Å². The Morgan fingerprint density at radius 1 is 1.35 bits per heavy atom. The number of aliphatic hydroxyl groups is 2. The van der Waals surface area contributed by atoms with Gasteiger partial charge in [-0.05, 0) is 12.1 Å². The number of aromatic nitrogens is 2. The molecule has 0 aliphatic carbocycles. The lowest BCUT2D eigenvalue weighted by Crippen LogP contribution is -2.34. The van der Waals surface area contributed by atoms with Crippen LogP contribution in [0.5, 0.6) is 6.01 Å². The molecule has 0 unspecified atom stereocenters. The molecule has 0 amide bonds. The molecule has 0 spiro atoms. The Bertz CT molecular complexity index is 743. The van der Waals surface area contributed by atoms with E-state index in [4.69, 9.17) is 9.47 Å². The van der Waals surface area contributed by atoms with Crippen LogP contribution in [0, 0.1) is 0 Å². The molecule has 4 atom stereocenters. The standard InChI is InChI=1S/C13H12N2O5/c16-5-8-9(17)10-12(19-8)15-7-4-2-1-3-6(7)11(18)14-13(15)20-10/h1-4,8-10,12,16-17H,5H2/t8-,9-,10+,12-/m1/s1. The fourth-order valence-corrected chi connectivity index (χ4v) is 2.82. The zero-order chi connectivity index (χ0) is 13.9. The minimum absolute atomic E-state index is 0.138. The average molecular weight is 276 g/mol. The predicted molar refractivity (Wildman–Crippen MR) is 67.4 cm³/mol. The maximum atomic E-state index is 11.9. The van der Waals surface area contributed by atoms with Crippen molar-refractivity contribution in [2.45, 2.75) is 24.5 Å². The van der Waals surface area contributed by atoms with Gasteiger partial charge in [0, 0.05) is 0 Å². The van der Waals surface area contributed by atoms with Gasteiger partial charge >= 0.3 is 6.01 Å². The van der Waals surface area contributed by atoms with Crippen LogP contribution in [-0.2, 0) is 4.74 Å². The molecule has 0 radical (unpaired) electrons. The fourth-order valence-electron chi connectivity index (χ4n) is 2.82. The molecule has 7 heteroatoms. The van der Waals surface area contributed by atoms with Gasteiger partial charge in [0.2, 0.25) is 0 Å². The second-order valence-corrected chi connectivity index (χ2v) is 4.91. The third kappa shape index (κ3) is 1.39. The summed E-state index contributed by atoms with van der Waals surface area (Å²) < 4.78 is 12.8. The first-order valence-electron chi connectivity index (χ1n) is 6.33. The molecule has 0 bridgehead atoms. The monoisotopic (exact) mass is 276 g/mol. The zero-order valence-electron chi connectivity index (χ0n) is 10.3. The van der Waals surface area contributed by atoms with E-state index in [1.165, 1.54) is 0 Å². The van der Waals surface area contributed by atoms with Gasteiger partial charge in [0.15, 0.2) is 12.3 Å². The number of para-hydroxylation sites is 1. The SMILES string of the molecule is O=c1nc2n(c3ccccc13)[C@@H]1O[C@H](CO)[C@@H](O)[C@@H]1O2. The highest BCUT2D eigenvalue weighted by Crippen LogP contribution is 2.40. The van der Waals surface area contributed by atoms with E-state index in [-0.39, 0.29) is 18.2 Å². The summed E-state index contributed by atoms with van der Waals surface area (Å²) in [6, 6.07) is 7.15. The molecule has 104 valence electrons. The third-order valence-corrected chi connectivity index (χ3v) is 3.79. The lowest BCUT2D eigenvalue weighted by Gasteiger charge is -2.15. The van der Waals surface area contributed by atoms with Crippen molar-refractivity contribution in [1.82, 2.24) is 9.55 Å². The van der Waals surface area contributed by atoms with Crippen LogP contribution in [0.2, 0.25) is 0 Å². The van der Waals surface area contributed by atoms with E-state index >= 15 is 0 Å². The van der Waals surface area contributed by atoms with Crippen LogP contribution in [0.25, 0.3) is 10.9 Å². The number of fused-ring (bicyclic) bond motifs is 5. The van der Waals surface area contributed by atoms with Gasteiger partial charge in [0.05, 0.1) is 17.5 Å². The summed E-state index contributed by atoms with van der Waals surface area (Å²) in [5.41, 5.74) is 0.265. The average Bonchev–Trinajstić information content (AvgIpc) is 2.96. The van der Waals surface area contributed by atoms with Gasteiger partial charge < -0.3 is 19.7 Å². The quantitative estimate of drug-likeness (QED) is 0.723. The Hall–Kier alpha value is -1.96. The summed E-state index contributed by atoms with van der Waals surface area (Å²) in [5, 5.41) is 19.7. The summed E-state index contributed by atoms with van der Waals surface area (Å²) >= 11 is 0. The molecular weight excluding hydrogens is 264 g/mol. The molecule has 1 aromatic heterocycles. The second kappa shape index (κ2) is 4.02. The van der Waals surface area contributed by atoms with Gasteiger partial charge in [0.1, 0.15) is 12.2 Å². The maximum absolute atomic E-state index is 11.9. The Labute approximate surface area is 113 Å². The number of hydrogen-bond donors (Lipinski definition) is 2. The molecule has 1 fully saturated rings. The predicted octanol–water partition coefficient (Wildman–Crippen LogP) is -0.592. The minimum Gasteiger partial charge on any atom is -0.453 e. The smallest absolute Gasteiger partial charge is 0.303 e. The summed E-state index contributed by atoms with van der Waals surface area (Å²) in [5.74, 6) is 0. The molecule has 0 saturated carbocycles. The van der Waals surface area contributed by atoms with E-state index in [1.807, 2.05) is 0 Å². The molecule has 7 nitrogen and oxygen atoms in total. The highest BCUT2D eigenvalue weighted by Gasteiger charge is 2.51. The van der Waals surface area contributed by atoms with E-state index in [0.717, 1.165) is 0 Å². The van der Waals surface area contributed by atoms with Gasteiger partial charge in [-0.1, -0.05) is 12.1 Å². The topological polar surface area (TPSA) is 93.8 Å². The van der Waals surface area contributed by atoms with Crippen molar-refractivity contribution in [1.29, 1.82) is 0 Å². The van der Waals surface area contributed by atoms with E-state index in [1.54, 1.807) is 28.8 Å². The van der Waals surface area contributed by atoms with Crippen LogP contribution in [-0.4, -0.2) is 44.7 Å². The van der Waals surface area contributed by atoms with Crippen LogP contribution in [0.4, 0.5) is 0 Å². The van der Waals surface area contributed by atoms with E-state index in [2.05, 4.69) is 4.98 Å². The van der Waals surface area contributed by atoms with Crippen molar-refractivity contribution >= 4 is 10.9 Å². The molecule has 2 N–H and O–H groups in total. The van der Waals surface area contributed by atoms with Gasteiger partial charge in [-0.25, -0.2) is 0 Å². The molecule has 1 saturated heterocycles. The molecule has 2 aliphatic rings. The number of hydrogen-bond acceptors (Lipinski definition) is 6. The summed E-state index contributed by atoms with van der Waals surface area (Å²) in [4.78, 5) is 15.8. The molecule has 2 aliphatic heterocycles. The molecular formula is C13H12N2O5. The number of aliphatic hydroxyl groups excluding tert-OH is 2. The highest BCUT2D eigenvalue weighted by molar-refractivity contribution is 5.78. The minimum atomic E-state index is -0.958. The van der Waals surface area contributed by atoms with Gasteiger partial charge in [-0.3, -0.25) is 9.36 Å². The number of ether oxygens (including phenoxy) is 2. The molecule has 1 aromatic carbocycles. The normalized spacial score (nSPS) is 31.1. The van der Waals surface area contributed by atoms with E-state index in [9.17, 15) is 15.0 Å². The van der Waals surface area contributed by atoms with Crippen LogP contribution >= 0.6 is 0 Å². The Morgan fingerprint density at radius 2 is 2.15 bits per heavy atom. The summed E-state index contributed by atoms with van der Waals surface area (Å²) in [7, 11) is 0. The summed E-state index contributed by atoms with van der Waals surface area (Å²) in [6.07, 6.45) is -2.91. The van der Waals surface area contributed by atoms with Crippen molar-refractivity contribution in [3.8, 4) is 6.01 Å². The van der Waals surface area contributed by atoms with Gasteiger partial charge in [-0.2, -0.15) is 4.98 Å². The first-order chi connectivity index (χ1) is 9.70. The van der Waals surface area contributed by atoms with Gasteiger partial charge in [-0.15, -0.1) is 0 Å². The first-order valence-corrected chi connectivity index (χ1v) is 6.33. The lowest BCUT2D eigenvalue weighted by molar-refractivity contribution is -0.0421. The summed E-state index contributed by atoms with van der Waals surface area (Å²) in [6.45, 7) is -0.293. The van der Waals surface area contributed by atoms with E-state index in [0.29, 0.717) is 10.9 Å². The van der Waals surface area contributed by atoms with Crippen molar-refractivity contribution in [2.24, 2.45) is 0 Å². The largest absolute Gasteiger partial charge is 0.453 e. The second-order valence-electron chi connectivity index (χ2n) is 4.91. The third-order valence-electron chi connectivity index (χ3n) is 3.79. The van der Waals surface area contributed by atoms with Crippen molar-refractivity contribution in [3.05, 3.63) is 34.6 Å². The molecule has 4 rings (SSSR count). The van der Waals surface area contributed by atoms with Crippen LogP contribution in [0.1, 0.15) is 6.23 Å². The van der Waals surface area contributed by atoms with Crippen molar-refractivity contribution in [3.63, 3.8) is 0 Å². The van der Waals surface area contributed by atoms with Gasteiger partial charge in [0.25, 0.3) is 5.56 Å². The molecule has 2 aromatic rings. The maximum Gasteiger partial charge on any atom is 0.303 e. The molecule has 20 heavy (non-hydrogen) atoms. The first kappa shape index (κ1) is 11.8. The lowest BCUT2D eigenvalue weighted by atomic mass is 10.1. The highest BCUT2D eigenvalue weighted by atomic mass is 16.6. The fraction of sp³-hybridized carbons (Fsp3) is 0.385. The number of benzene rings is 1. The zero-order valence-corrected chi connectivity index (χ0v) is 10.3. The van der Waals surface area contributed by atoms with Crippen molar-refractivity contribution < 1.29 is 19.7 Å². The van der Waals surface area contributed by atoms with Crippen LogP contribution < -0.4 is 10.3 Å². The van der Waals surface area contributed by atoms with Crippen LogP contribution in [0.3, 0.4) is 0 Å². The number of nitrogens with zero attached hydrogens (tertiary/aromatic N) is 2. The Morgan fingerprint density at radius 3 is 2.95 bits per heavy atom. The Kier molecular flexibility index (Phi) is 2.38. The Balaban J connectivity index is 1.94.